The fourth-order valence-corrected chi connectivity index (χ4v) is 1.16. The highest BCUT2D eigenvalue weighted by molar-refractivity contribution is 5.68. The third-order valence-electron chi connectivity index (χ3n) is 2.12. The van der Waals surface area contributed by atoms with E-state index in [-0.39, 0.29) is 18.9 Å². The highest BCUT2D eigenvalue weighted by atomic mass is 16.7. The predicted molar refractivity (Wildman–Crippen MR) is 68.3 cm³/mol. The molecule has 0 fully saturated rings. The van der Waals surface area contributed by atoms with Crippen LogP contribution in [0.2, 0.25) is 0 Å². The van der Waals surface area contributed by atoms with Crippen molar-refractivity contribution in [1.29, 1.82) is 0 Å². The van der Waals surface area contributed by atoms with E-state index in [1.54, 1.807) is 6.92 Å². The van der Waals surface area contributed by atoms with Gasteiger partial charge in [-0.3, -0.25) is 4.79 Å². The fourth-order valence-electron chi connectivity index (χ4n) is 1.16. The van der Waals surface area contributed by atoms with Crippen LogP contribution in [0.5, 0.6) is 0 Å². The van der Waals surface area contributed by atoms with Crippen LogP contribution in [0.25, 0.3) is 0 Å². The summed E-state index contributed by atoms with van der Waals surface area (Å²) in [7, 11) is 0. The summed E-state index contributed by atoms with van der Waals surface area (Å²) in [5.41, 5.74) is 0. The van der Waals surface area contributed by atoms with Gasteiger partial charge in [-0.2, -0.15) is 0 Å². The van der Waals surface area contributed by atoms with Crippen molar-refractivity contribution in [3.05, 3.63) is 0 Å². The SMILES string of the molecule is CCCOCC(COCCC)OCOC(=O)CC. The highest BCUT2D eigenvalue weighted by Gasteiger charge is 2.10. The molecule has 0 unspecified atom stereocenters. The van der Waals surface area contributed by atoms with Crippen LogP contribution in [-0.2, 0) is 23.7 Å². The van der Waals surface area contributed by atoms with E-state index in [1.807, 2.05) is 13.8 Å². The van der Waals surface area contributed by atoms with Gasteiger partial charge in [-0.05, 0) is 12.8 Å². The Labute approximate surface area is 110 Å². The zero-order valence-corrected chi connectivity index (χ0v) is 11.8. The van der Waals surface area contributed by atoms with E-state index in [0.29, 0.717) is 32.8 Å². The zero-order valence-electron chi connectivity index (χ0n) is 11.8. The average molecular weight is 262 g/mol. The maximum Gasteiger partial charge on any atom is 0.307 e. The molecule has 0 saturated heterocycles. The molecule has 0 radical (unpaired) electrons. The van der Waals surface area contributed by atoms with E-state index in [9.17, 15) is 4.79 Å². The molecule has 18 heavy (non-hydrogen) atoms. The Hall–Kier alpha value is -0.650. The summed E-state index contributed by atoms with van der Waals surface area (Å²) in [5, 5.41) is 0. The van der Waals surface area contributed by atoms with Crippen molar-refractivity contribution in [2.75, 3.05) is 33.2 Å². The van der Waals surface area contributed by atoms with Gasteiger partial charge in [0.15, 0.2) is 6.79 Å². The Balaban J connectivity index is 3.76. The van der Waals surface area contributed by atoms with E-state index in [4.69, 9.17) is 18.9 Å². The molecular weight excluding hydrogens is 236 g/mol. The lowest BCUT2D eigenvalue weighted by atomic mass is 10.4. The number of esters is 1. The summed E-state index contributed by atoms with van der Waals surface area (Å²) in [6.07, 6.45) is 2.10. The van der Waals surface area contributed by atoms with E-state index in [2.05, 4.69) is 0 Å². The molecule has 0 aliphatic carbocycles. The summed E-state index contributed by atoms with van der Waals surface area (Å²) >= 11 is 0. The summed E-state index contributed by atoms with van der Waals surface area (Å²) in [5.74, 6) is -0.266. The first-order valence-corrected chi connectivity index (χ1v) is 6.67. The third-order valence-corrected chi connectivity index (χ3v) is 2.12. The standard InChI is InChI=1S/C13H26O5/c1-4-7-15-9-12(10-16-8-5-2)17-11-18-13(14)6-3/h12H,4-11H2,1-3H3. The minimum Gasteiger partial charge on any atom is -0.438 e. The first-order chi connectivity index (χ1) is 8.74. The van der Waals surface area contributed by atoms with E-state index in [1.165, 1.54) is 0 Å². The molecule has 0 atom stereocenters. The first kappa shape index (κ1) is 17.4. The molecule has 0 saturated carbocycles. The second-order valence-electron chi connectivity index (χ2n) is 3.93. The Morgan fingerprint density at radius 3 is 2.00 bits per heavy atom. The van der Waals surface area contributed by atoms with Crippen LogP contribution in [-0.4, -0.2) is 45.3 Å². The van der Waals surface area contributed by atoms with Gasteiger partial charge in [0.2, 0.25) is 0 Å². The third kappa shape index (κ3) is 10.5. The molecule has 0 aromatic heterocycles. The molecule has 0 spiro atoms. The summed E-state index contributed by atoms with van der Waals surface area (Å²) < 4.78 is 21.1. The molecule has 0 aliphatic heterocycles. The van der Waals surface area contributed by atoms with Crippen LogP contribution < -0.4 is 0 Å². The van der Waals surface area contributed by atoms with Crippen LogP contribution in [0.3, 0.4) is 0 Å². The van der Waals surface area contributed by atoms with Gasteiger partial charge in [-0.25, -0.2) is 0 Å². The van der Waals surface area contributed by atoms with Crippen LogP contribution in [0.4, 0.5) is 0 Å². The van der Waals surface area contributed by atoms with E-state index >= 15 is 0 Å². The van der Waals surface area contributed by atoms with Crippen molar-refractivity contribution < 1.29 is 23.7 Å². The molecule has 0 heterocycles. The van der Waals surface area contributed by atoms with Gasteiger partial charge in [0, 0.05) is 19.6 Å². The van der Waals surface area contributed by atoms with Gasteiger partial charge < -0.3 is 18.9 Å². The Morgan fingerprint density at radius 1 is 1.00 bits per heavy atom. The van der Waals surface area contributed by atoms with Gasteiger partial charge in [0.05, 0.1) is 13.2 Å². The highest BCUT2D eigenvalue weighted by Crippen LogP contribution is 1.98. The van der Waals surface area contributed by atoms with Crippen molar-refractivity contribution >= 4 is 5.97 Å². The monoisotopic (exact) mass is 262 g/mol. The minimum absolute atomic E-state index is 0.0394. The number of hydrogen-bond donors (Lipinski definition) is 0. The Bertz CT molecular complexity index is 186. The van der Waals surface area contributed by atoms with Crippen molar-refractivity contribution in [3.63, 3.8) is 0 Å². The molecular formula is C13H26O5. The fraction of sp³-hybridized carbons (Fsp3) is 0.923. The summed E-state index contributed by atoms with van der Waals surface area (Å²) in [4.78, 5) is 10.9. The topological polar surface area (TPSA) is 54.0 Å². The van der Waals surface area contributed by atoms with Crippen molar-refractivity contribution in [1.82, 2.24) is 0 Å². The lowest BCUT2D eigenvalue weighted by Gasteiger charge is -2.17. The molecule has 0 aromatic rings. The van der Waals surface area contributed by atoms with Gasteiger partial charge in [-0.15, -0.1) is 0 Å². The molecule has 108 valence electrons. The van der Waals surface area contributed by atoms with Gasteiger partial charge in [-0.1, -0.05) is 20.8 Å². The van der Waals surface area contributed by atoms with Crippen LogP contribution in [0.15, 0.2) is 0 Å². The molecule has 0 aliphatic rings. The van der Waals surface area contributed by atoms with Gasteiger partial charge >= 0.3 is 5.97 Å². The number of carbonyl (C=O) groups excluding carboxylic acids is 1. The number of hydrogen-bond acceptors (Lipinski definition) is 5. The maximum absolute atomic E-state index is 10.9. The molecule has 0 bridgehead atoms. The molecule has 0 amide bonds. The van der Waals surface area contributed by atoms with Crippen molar-refractivity contribution in [2.24, 2.45) is 0 Å². The van der Waals surface area contributed by atoms with E-state index < -0.39 is 0 Å². The second kappa shape index (κ2) is 12.8. The molecule has 5 heteroatoms. The zero-order chi connectivity index (χ0) is 13.6. The lowest BCUT2D eigenvalue weighted by molar-refractivity contribution is -0.167. The van der Waals surface area contributed by atoms with Crippen LogP contribution in [0, 0.1) is 0 Å². The molecule has 0 N–H and O–H groups in total. The van der Waals surface area contributed by atoms with Crippen molar-refractivity contribution in [3.8, 4) is 0 Å². The lowest BCUT2D eigenvalue weighted by Crippen LogP contribution is -2.27. The Kier molecular flexibility index (Phi) is 12.3. The molecule has 0 rings (SSSR count). The van der Waals surface area contributed by atoms with Crippen LogP contribution in [0.1, 0.15) is 40.0 Å². The normalized spacial score (nSPS) is 10.9. The number of carbonyl (C=O) groups is 1. The summed E-state index contributed by atoms with van der Waals surface area (Å²) in [6, 6.07) is 0. The number of rotatable bonds is 12. The maximum atomic E-state index is 10.9. The first-order valence-electron chi connectivity index (χ1n) is 6.67. The van der Waals surface area contributed by atoms with E-state index in [0.717, 1.165) is 12.8 Å². The quantitative estimate of drug-likeness (QED) is 0.306. The molecule has 5 nitrogen and oxygen atoms in total. The summed E-state index contributed by atoms with van der Waals surface area (Å²) in [6.45, 7) is 8.11. The van der Waals surface area contributed by atoms with Crippen molar-refractivity contribution in [2.45, 2.75) is 46.1 Å². The Morgan fingerprint density at radius 2 is 1.56 bits per heavy atom. The minimum atomic E-state index is -0.266. The smallest absolute Gasteiger partial charge is 0.307 e. The average Bonchev–Trinajstić information content (AvgIpc) is 2.38. The van der Waals surface area contributed by atoms with Gasteiger partial charge in [0.1, 0.15) is 6.10 Å². The predicted octanol–water partition coefficient (Wildman–Crippen LogP) is 2.14. The van der Waals surface area contributed by atoms with Crippen LogP contribution >= 0.6 is 0 Å². The number of ether oxygens (including phenoxy) is 4. The van der Waals surface area contributed by atoms with Gasteiger partial charge in [0.25, 0.3) is 0 Å². The largest absolute Gasteiger partial charge is 0.438 e. The molecule has 0 aromatic carbocycles. The second-order valence-corrected chi connectivity index (χ2v) is 3.93.